The fourth-order valence-electron chi connectivity index (χ4n) is 2.00. The van der Waals surface area contributed by atoms with Crippen LogP contribution in [-0.2, 0) is 0 Å². The summed E-state index contributed by atoms with van der Waals surface area (Å²) in [6.45, 7) is 0.611. The second kappa shape index (κ2) is 5.63. The van der Waals surface area contributed by atoms with E-state index in [0.717, 1.165) is 19.3 Å². The van der Waals surface area contributed by atoms with E-state index in [1.54, 1.807) is 0 Å². The minimum absolute atomic E-state index is 0.0252. The van der Waals surface area contributed by atoms with E-state index in [-0.39, 0.29) is 5.69 Å². The van der Waals surface area contributed by atoms with Crippen LogP contribution < -0.4 is 5.32 Å². The number of halogens is 3. The summed E-state index contributed by atoms with van der Waals surface area (Å²) in [5.74, 6) is -0.645. The first-order valence-electron chi connectivity index (χ1n) is 5.70. The van der Waals surface area contributed by atoms with Gasteiger partial charge in [-0.3, -0.25) is 0 Å². The van der Waals surface area contributed by atoms with Crippen molar-refractivity contribution < 1.29 is 8.78 Å². The van der Waals surface area contributed by atoms with Crippen molar-refractivity contribution in [1.29, 1.82) is 0 Å². The number of hydrogen-bond acceptors (Lipinski definition) is 1. The predicted molar refractivity (Wildman–Crippen MR) is 69.0 cm³/mol. The summed E-state index contributed by atoms with van der Waals surface area (Å²) in [4.78, 5) is 0. The van der Waals surface area contributed by atoms with Crippen molar-refractivity contribution in [3.63, 3.8) is 0 Å². The van der Waals surface area contributed by atoms with Gasteiger partial charge in [-0.15, -0.1) is 0 Å². The van der Waals surface area contributed by atoms with Gasteiger partial charge in [-0.25, -0.2) is 8.78 Å². The highest BCUT2D eigenvalue weighted by Gasteiger charge is 2.14. The van der Waals surface area contributed by atoms with Gasteiger partial charge in [0.15, 0.2) is 0 Å². The Bertz CT molecular complexity index is 408. The number of anilines is 1. The highest BCUT2D eigenvalue weighted by molar-refractivity contribution is 9.10. The van der Waals surface area contributed by atoms with E-state index in [9.17, 15) is 8.78 Å². The Morgan fingerprint density at radius 3 is 2.53 bits per heavy atom. The van der Waals surface area contributed by atoms with Gasteiger partial charge in [0, 0.05) is 11.0 Å². The molecule has 4 heteroatoms. The van der Waals surface area contributed by atoms with E-state index in [2.05, 4.69) is 33.4 Å². The topological polar surface area (TPSA) is 12.0 Å². The van der Waals surface area contributed by atoms with Gasteiger partial charge in [-0.2, -0.15) is 0 Å². The molecule has 0 spiro atoms. The standard InChI is InChI=1S/C13H14BrF2N/c14-10-6-11(15)13(12(16)7-10)17-8-9-4-2-1-3-5-9/h1-2,6-7,9,17H,3-5,8H2. The number of rotatable bonds is 3. The molecule has 92 valence electrons. The Balaban J connectivity index is 2.01. The maximum atomic E-state index is 13.5. The summed E-state index contributed by atoms with van der Waals surface area (Å²) >= 11 is 3.06. The zero-order valence-electron chi connectivity index (χ0n) is 9.35. The minimum Gasteiger partial charge on any atom is -0.380 e. The molecule has 0 amide bonds. The fraction of sp³-hybridized carbons (Fsp3) is 0.385. The van der Waals surface area contributed by atoms with Crippen molar-refractivity contribution in [3.05, 3.63) is 40.4 Å². The fourth-order valence-corrected chi connectivity index (χ4v) is 2.40. The van der Waals surface area contributed by atoms with E-state index in [1.165, 1.54) is 12.1 Å². The average Bonchev–Trinajstić information content (AvgIpc) is 2.29. The van der Waals surface area contributed by atoms with Crippen LogP contribution in [0.5, 0.6) is 0 Å². The number of benzene rings is 1. The van der Waals surface area contributed by atoms with Gasteiger partial charge in [0.1, 0.15) is 17.3 Å². The van der Waals surface area contributed by atoms with E-state index in [0.29, 0.717) is 16.9 Å². The molecule has 1 aliphatic rings. The molecule has 0 aliphatic heterocycles. The molecule has 1 aromatic rings. The van der Waals surface area contributed by atoms with Crippen molar-refractivity contribution in [2.24, 2.45) is 5.92 Å². The molecule has 1 unspecified atom stereocenters. The molecule has 1 N–H and O–H groups in total. The molecule has 1 aromatic carbocycles. The van der Waals surface area contributed by atoms with E-state index < -0.39 is 11.6 Å². The molecule has 0 bridgehead atoms. The van der Waals surface area contributed by atoms with Crippen LogP contribution in [0.15, 0.2) is 28.8 Å². The molecule has 17 heavy (non-hydrogen) atoms. The lowest BCUT2D eigenvalue weighted by atomic mass is 9.94. The normalized spacial score (nSPS) is 19.4. The van der Waals surface area contributed by atoms with Crippen LogP contribution in [0.1, 0.15) is 19.3 Å². The molecule has 0 saturated carbocycles. The summed E-state index contributed by atoms with van der Waals surface area (Å²) < 4.78 is 27.5. The second-order valence-electron chi connectivity index (χ2n) is 4.28. The van der Waals surface area contributed by atoms with Gasteiger partial charge in [0.05, 0.1) is 0 Å². The van der Waals surface area contributed by atoms with Crippen LogP contribution in [0.4, 0.5) is 14.5 Å². The van der Waals surface area contributed by atoms with Gasteiger partial charge in [-0.05, 0) is 37.3 Å². The van der Waals surface area contributed by atoms with Crippen molar-refractivity contribution in [1.82, 2.24) is 0 Å². The number of hydrogen-bond donors (Lipinski definition) is 1. The maximum Gasteiger partial charge on any atom is 0.150 e. The van der Waals surface area contributed by atoms with E-state index >= 15 is 0 Å². The molecule has 0 aromatic heterocycles. The lowest BCUT2D eigenvalue weighted by Crippen LogP contribution is -2.16. The van der Waals surface area contributed by atoms with Crippen molar-refractivity contribution >= 4 is 21.6 Å². The Morgan fingerprint density at radius 1 is 1.24 bits per heavy atom. The SMILES string of the molecule is Fc1cc(Br)cc(F)c1NCC1CC=CCC1. The molecule has 1 aliphatic carbocycles. The van der Waals surface area contributed by atoms with E-state index in [1.807, 2.05) is 0 Å². The molecule has 0 fully saturated rings. The largest absolute Gasteiger partial charge is 0.380 e. The third-order valence-electron chi connectivity index (χ3n) is 2.95. The molecule has 1 atom stereocenters. The first-order chi connectivity index (χ1) is 8.16. The van der Waals surface area contributed by atoms with E-state index in [4.69, 9.17) is 0 Å². The van der Waals surface area contributed by atoms with Gasteiger partial charge in [-0.1, -0.05) is 28.1 Å². The van der Waals surface area contributed by atoms with Gasteiger partial charge < -0.3 is 5.32 Å². The Labute approximate surface area is 108 Å². The predicted octanol–water partition coefficient (Wildman–Crippen LogP) is 4.50. The molecule has 0 heterocycles. The Hall–Kier alpha value is -0.900. The Kier molecular flexibility index (Phi) is 4.15. The molecular weight excluding hydrogens is 288 g/mol. The van der Waals surface area contributed by atoms with Crippen LogP contribution in [0.2, 0.25) is 0 Å². The lowest BCUT2D eigenvalue weighted by Gasteiger charge is -2.19. The first kappa shape index (κ1) is 12.6. The molecule has 0 saturated heterocycles. The van der Waals surface area contributed by atoms with Crippen molar-refractivity contribution in [2.45, 2.75) is 19.3 Å². The average molecular weight is 302 g/mol. The third kappa shape index (κ3) is 3.28. The smallest absolute Gasteiger partial charge is 0.150 e. The van der Waals surface area contributed by atoms with Gasteiger partial charge >= 0.3 is 0 Å². The van der Waals surface area contributed by atoms with Crippen LogP contribution in [0, 0.1) is 17.6 Å². The van der Waals surface area contributed by atoms with Crippen LogP contribution in [-0.4, -0.2) is 6.54 Å². The van der Waals surface area contributed by atoms with Crippen LogP contribution in [0.25, 0.3) is 0 Å². The number of allylic oxidation sites excluding steroid dienone is 2. The van der Waals surface area contributed by atoms with Crippen molar-refractivity contribution in [3.8, 4) is 0 Å². The zero-order chi connectivity index (χ0) is 12.3. The van der Waals surface area contributed by atoms with Crippen LogP contribution in [0.3, 0.4) is 0 Å². The monoisotopic (exact) mass is 301 g/mol. The molecule has 2 rings (SSSR count). The summed E-state index contributed by atoms with van der Waals surface area (Å²) in [6.07, 6.45) is 7.38. The molecule has 1 nitrogen and oxygen atoms in total. The van der Waals surface area contributed by atoms with Gasteiger partial charge in [0.2, 0.25) is 0 Å². The van der Waals surface area contributed by atoms with Crippen LogP contribution >= 0.6 is 15.9 Å². The summed E-state index contributed by atoms with van der Waals surface area (Å²) in [5.41, 5.74) is -0.0252. The first-order valence-corrected chi connectivity index (χ1v) is 6.49. The van der Waals surface area contributed by atoms with Crippen molar-refractivity contribution in [2.75, 3.05) is 11.9 Å². The minimum atomic E-state index is -0.553. The maximum absolute atomic E-state index is 13.5. The molecule has 0 radical (unpaired) electrons. The highest BCUT2D eigenvalue weighted by Crippen LogP contribution is 2.25. The molecular formula is C13H14BrF2N. The zero-order valence-corrected chi connectivity index (χ0v) is 10.9. The quantitative estimate of drug-likeness (QED) is 0.811. The summed E-state index contributed by atoms with van der Waals surface area (Å²) in [5, 5.41) is 2.87. The summed E-state index contributed by atoms with van der Waals surface area (Å²) in [7, 11) is 0. The second-order valence-corrected chi connectivity index (χ2v) is 5.19. The van der Waals surface area contributed by atoms with Gasteiger partial charge in [0.25, 0.3) is 0 Å². The highest BCUT2D eigenvalue weighted by atomic mass is 79.9. The number of nitrogens with one attached hydrogen (secondary N) is 1. The summed E-state index contributed by atoms with van der Waals surface area (Å²) in [6, 6.07) is 2.54. The Morgan fingerprint density at radius 2 is 1.94 bits per heavy atom. The lowest BCUT2D eigenvalue weighted by molar-refractivity contribution is 0.499. The third-order valence-corrected chi connectivity index (χ3v) is 3.41.